The second-order valence-electron chi connectivity index (χ2n) is 30.6. The quantitative estimate of drug-likeness (QED) is 0.0127. The molecule has 24 heteroatoms. The van der Waals surface area contributed by atoms with E-state index in [4.69, 9.17) is 11.5 Å². The predicted octanol–water partition coefficient (Wildman–Crippen LogP) is 14.6. The second-order valence-corrected chi connectivity index (χ2v) is 33.7. The van der Waals surface area contributed by atoms with Gasteiger partial charge in [0.25, 0.3) is 11.8 Å². The summed E-state index contributed by atoms with van der Waals surface area (Å²) in [7, 11) is 0. The zero-order valence-corrected chi connectivity index (χ0v) is 73.5. The van der Waals surface area contributed by atoms with E-state index < -0.39 is 94.7 Å². The summed E-state index contributed by atoms with van der Waals surface area (Å²) in [6, 6.07) is 74.7. The molecule has 10 aromatic rings. The van der Waals surface area contributed by atoms with E-state index in [1.807, 2.05) is 167 Å². The van der Waals surface area contributed by atoms with Gasteiger partial charge < -0.3 is 53.6 Å². The molecule has 2 unspecified atom stereocenters. The molecule has 0 aliphatic rings. The van der Waals surface area contributed by atoms with E-state index in [9.17, 15) is 48.6 Å². The number of hydrogen-bond acceptors (Lipinski definition) is 12. The number of carbonyl (C=O) groups excluding carboxylic acids is 10. The normalized spacial score (nSPS) is 13.6. The molecule has 0 fully saturated rings. The zero-order valence-electron chi connectivity index (χ0n) is 67.2. The highest BCUT2D eigenvalue weighted by molar-refractivity contribution is 9.14. The topological polar surface area (TPSA) is 335 Å². The molecule has 12 N–H and O–H groups in total. The van der Waals surface area contributed by atoms with E-state index in [1.165, 1.54) is 12.1 Å². The lowest BCUT2D eigenvalue weighted by Gasteiger charge is -2.39. The molecular weight excluding hydrogens is 1780 g/mol. The number of halogens is 4. The number of ketones is 2. The Morgan fingerprint density at radius 2 is 0.617 bits per heavy atom. The Bertz CT molecular complexity index is 5080. The summed E-state index contributed by atoms with van der Waals surface area (Å²) in [5.74, 6) is -6.49. The Kier molecular flexibility index (Phi) is 35.3. The molecule has 0 heterocycles. The number of carbonyl (C=O) groups is 10. The summed E-state index contributed by atoms with van der Waals surface area (Å²) in [4.78, 5) is 140. The summed E-state index contributed by atoms with van der Waals surface area (Å²) >= 11 is 14.2. The predicted molar refractivity (Wildman–Crippen MR) is 480 cm³/mol. The summed E-state index contributed by atoms with van der Waals surface area (Å²) in [6.45, 7) is 7.56. The first-order chi connectivity index (χ1) is 57.6. The third kappa shape index (κ3) is 26.1. The van der Waals surface area contributed by atoms with Crippen molar-refractivity contribution in [1.82, 2.24) is 31.9 Å². The number of amides is 8. The van der Waals surface area contributed by atoms with Crippen molar-refractivity contribution in [2.75, 3.05) is 0 Å². The van der Waals surface area contributed by atoms with Crippen molar-refractivity contribution in [2.24, 2.45) is 23.3 Å². The number of aliphatic hydroxyl groups is 2. The van der Waals surface area contributed by atoms with Crippen LogP contribution in [0.4, 0.5) is 0 Å². The molecule has 8 amide bonds. The summed E-state index contributed by atoms with van der Waals surface area (Å²) < 4.78 is 0.984. The van der Waals surface area contributed by atoms with Gasteiger partial charge in [-0.2, -0.15) is 0 Å². The third-order valence-corrected chi connectivity index (χ3v) is 24.8. The molecule has 624 valence electrons. The lowest BCUT2D eigenvalue weighted by molar-refractivity contribution is -0.137. The fraction of sp³-hybridized carbons (Fsp3) is 0.271. The number of hydrogen-bond donors (Lipinski definition) is 10. The lowest BCUT2D eigenvalue weighted by Crippen LogP contribution is -2.68. The van der Waals surface area contributed by atoms with E-state index in [1.54, 1.807) is 115 Å². The molecule has 0 saturated heterocycles. The maximum absolute atomic E-state index is 15.3. The first-order valence-corrected chi connectivity index (χ1v) is 43.0. The molecule has 0 saturated carbocycles. The van der Waals surface area contributed by atoms with E-state index in [0.29, 0.717) is 53.5 Å². The van der Waals surface area contributed by atoms with Crippen LogP contribution in [0.1, 0.15) is 152 Å². The van der Waals surface area contributed by atoms with E-state index in [-0.39, 0.29) is 109 Å². The van der Waals surface area contributed by atoms with Crippen LogP contribution in [-0.2, 0) is 67.3 Å². The minimum absolute atomic E-state index is 0.0248. The van der Waals surface area contributed by atoms with Crippen molar-refractivity contribution < 1.29 is 58.2 Å². The minimum atomic E-state index is -2.08. The van der Waals surface area contributed by atoms with Crippen LogP contribution in [-0.4, -0.2) is 116 Å². The number of nitrogens with two attached hydrogens (primary N) is 2. The van der Waals surface area contributed by atoms with Gasteiger partial charge in [0.1, 0.15) is 35.2 Å². The van der Waals surface area contributed by atoms with Crippen molar-refractivity contribution in [2.45, 2.75) is 152 Å². The molecular formula is C96H100Br4N8O12. The van der Waals surface area contributed by atoms with Gasteiger partial charge in [0, 0.05) is 65.8 Å². The monoisotopic (exact) mass is 1870 g/mol. The van der Waals surface area contributed by atoms with E-state index in [2.05, 4.69) is 95.6 Å². The molecule has 0 bridgehead atoms. The van der Waals surface area contributed by atoms with Gasteiger partial charge in [-0.25, -0.2) is 0 Å². The van der Waals surface area contributed by atoms with Crippen molar-refractivity contribution in [3.63, 3.8) is 0 Å². The van der Waals surface area contributed by atoms with Gasteiger partial charge in [-0.15, -0.1) is 0 Å². The molecule has 120 heavy (non-hydrogen) atoms. The standard InChI is InChI=1S/C48H48Br4N4O6.C48H52N4O6/c1-29(2)26-35(45(60)54-34(44(53)59)27-31-18-9-4-10-19-31)55-47(62)48(28-32-20-11-5-12-21-32,36(57)25-15-22-30-16-7-3-8-17-30)56-46(61)38-41(51)39(49)37(40(50)42(38)52)43(58)33-23-13-6-14-24-33;1-33(2)30-41(46(57)50-40(44(49)55)31-35-18-9-4-10-19-35)51-47(58)48(32-36-20-11-5-12-21-36,42(53)25-15-22-34-16-7-3-8-17-34)52-45(56)39-28-26-38(27-29-39)43(54)37-23-13-6-14-24-37/h3-14,16-21,23-24,29,34-36,57H,15,22,25-28H2,1-2H3,(H2,53,59)(H,54,60)(H,55,62)(H,56,61);3-14,16-21,23-24,26-29,33,40-42,53H,15,22,25,30-32H2,1-2H3,(H2,49,55)(H,50,57)(H,51,58)(H,52,56)/t34?,35-,36+,48-;40?,41-,42+,48-/m00/s1. The van der Waals surface area contributed by atoms with Gasteiger partial charge in [0.15, 0.2) is 11.6 Å². The summed E-state index contributed by atoms with van der Waals surface area (Å²) in [6.07, 6.45) is -0.251. The maximum atomic E-state index is 15.3. The first kappa shape index (κ1) is 93.0. The Morgan fingerprint density at radius 1 is 0.333 bits per heavy atom. The van der Waals surface area contributed by atoms with Crippen LogP contribution in [0.2, 0.25) is 0 Å². The van der Waals surface area contributed by atoms with Crippen LogP contribution in [0.3, 0.4) is 0 Å². The SMILES string of the molecule is CC(C)C[C@H](NC(=O)[C@@](Cc1ccccc1)(NC(=O)c1c(Br)c(Br)c(C(=O)c2ccccc2)c(Br)c1Br)[C@H](O)CCCc1ccccc1)C(=O)NC(Cc1ccccc1)C(N)=O.CC(C)C[C@H](NC(=O)[C@@](Cc1ccccc1)(NC(=O)c1ccc(C(=O)c2ccccc2)cc1)[C@H](O)CCCc1ccccc1)C(=O)NC(Cc1ccccc1)C(N)=O. The average Bonchev–Trinajstić information content (AvgIpc) is 0.792. The zero-order chi connectivity index (χ0) is 86.5. The number of primary amides is 2. The van der Waals surface area contributed by atoms with E-state index >= 15 is 9.59 Å². The second kappa shape index (κ2) is 45.5. The largest absolute Gasteiger partial charge is 0.390 e. The van der Waals surface area contributed by atoms with Gasteiger partial charge in [0.05, 0.1) is 23.3 Å². The van der Waals surface area contributed by atoms with Gasteiger partial charge in [-0.05, 0) is 172 Å². The Morgan fingerprint density at radius 3 is 0.950 bits per heavy atom. The smallest absolute Gasteiger partial charge is 0.254 e. The minimum Gasteiger partial charge on any atom is -0.390 e. The van der Waals surface area contributed by atoms with Gasteiger partial charge in [-0.1, -0.05) is 282 Å². The van der Waals surface area contributed by atoms with Crippen molar-refractivity contribution in [1.29, 1.82) is 0 Å². The third-order valence-electron chi connectivity index (χ3n) is 20.6. The van der Waals surface area contributed by atoms with Gasteiger partial charge in [-0.3, -0.25) is 47.9 Å². The molecule has 10 aromatic carbocycles. The lowest BCUT2D eigenvalue weighted by atomic mass is 9.81. The van der Waals surface area contributed by atoms with Gasteiger partial charge >= 0.3 is 0 Å². The Hall–Kier alpha value is -10.9. The van der Waals surface area contributed by atoms with Crippen LogP contribution >= 0.6 is 63.7 Å². The summed E-state index contributed by atoms with van der Waals surface area (Å²) in [5, 5.41) is 41.8. The molecule has 0 spiro atoms. The highest BCUT2D eigenvalue weighted by Gasteiger charge is 2.50. The van der Waals surface area contributed by atoms with Crippen LogP contribution in [0.25, 0.3) is 0 Å². The first-order valence-electron chi connectivity index (χ1n) is 39.8. The molecule has 0 aliphatic heterocycles. The number of benzene rings is 10. The Balaban J connectivity index is 0.000000274. The van der Waals surface area contributed by atoms with Crippen LogP contribution in [0.5, 0.6) is 0 Å². The number of aryl methyl sites for hydroxylation is 2. The van der Waals surface area contributed by atoms with Crippen LogP contribution in [0, 0.1) is 11.8 Å². The molecule has 10 rings (SSSR count). The fourth-order valence-corrected chi connectivity index (χ4v) is 17.0. The summed E-state index contributed by atoms with van der Waals surface area (Å²) in [5.41, 5.74) is 14.1. The van der Waals surface area contributed by atoms with Crippen molar-refractivity contribution in [3.8, 4) is 0 Å². The molecule has 0 aliphatic carbocycles. The fourth-order valence-electron chi connectivity index (χ4n) is 14.2. The van der Waals surface area contributed by atoms with Crippen molar-refractivity contribution in [3.05, 3.63) is 352 Å². The van der Waals surface area contributed by atoms with Crippen LogP contribution in [0.15, 0.2) is 285 Å². The van der Waals surface area contributed by atoms with Gasteiger partial charge in [0.2, 0.25) is 35.4 Å². The number of aliphatic hydroxyl groups excluding tert-OH is 2. The molecule has 0 aromatic heterocycles. The highest BCUT2D eigenvalue weighted by atomic mass is 79.9. The molecule has 0 radical (unpaired) electrons. The molecule has 8 atom stereocenters. The Labute approximate surface area is 734 Å². The van der Waals surface area contributed by atoms with Crippen molar-refractivity contribution >= 4 is 123 Å². The number of nitrogens with one attached hydrogen (secondary N) is 6. The molecule has 20 nitrogen and oxygen atoms in total. The van der Waals surface area contributed by atoms with Crippen LogP contribution < -0.4 is 43.4 Å². The highest BCUT2D eigenvalue weighted by Crippen LogP contribution is 2.43. The number of rotatable bonds is 40. The average molecular weight is 1880 g/mol. The van der Waals surface area contributed by atoms with E-state index in [0.717, 1.165) is 22.3 Å². The maximum Gasteiger partial charge on any atom is 0.254 e.